The predicted molar refractivity (Wildman–Crippen MR) is 82.7 cm³/mol. The molecule has 0 bridgehead atoms. The van der Waals surface area contributed by atoms with Crippen molar-refractivity contribution < 1.29 is 18.7 Å². The highest BCUT2D eigenvalue weighted by molar-refractivity contribution is 9.10. The lowest BCUT2D eigenvalue weighted by Crippen LogP contribution is -2.25. The van der Waals surface area contributed by atoms with Gasteiger partial charge in [-0.25, -0.2) is 4.39 Å². The second kappa shape index (κ2) is 5.88. The van der Waals surface area contributed by atoms with Gasteiger partial charge in [-0.1, -0.05) is 12.1 Å². The highest BCUT2D eigenvalue weighted by Gasteiger charge is 2.18. The highest BCUT2D eigenvalue weighted by Crippen LogP contribution is 2.29. The second-order valence-electron chi connectivity index (χ2n) is 4.86. The van der Waals surface area contributed by atoms with Gasteiger partial charge in [0.15, 0.2) is 12.4 Å². The van der Waals surface area contributed by atoms with E-state index in [-0.39, 0.29) is 29.2 Å². The van der Waals surface area contributed by atoms with Crippen LogP contribution < -0.4 is 10.1 Å². The van der Waals surface area contributed by atoms with E-state index >= 15 is 0 Å². The van der Waals surface area contributed by atoms with Crippen LogP contribution in [0.15, 0.2) is 40.9 Å². The van der Waals surface area contributed by atoms with Crippen molar-refractivity contribution in [3.05, 3.63) is 57.8 Å². The van der Waals surface area contributed by atoms with Crippen LogP contribution in [0.5, 0.6) is 5.75 Å². The summed E-state index contributed by atoms with van der Waals surface area (Å²) in [6.07, 6.45) is 0.0614. The van der Waals surface area contributed by atoms with E-state index in [2.05, 4.69) is 21.2 Å². The molecule has 0 fully saturated rings. The molecular formula is C16H11BrFNO3. The van der Waals surface area contributed by atoms with E-state index in [0.29, 0.717) is 22.6 Å². The maximum atomic E-state index is 13.5. The van der Waals surface area contributed by atoms with Gasteiger partial charge in [0.25, 0.3) is 5.91 Å². The van der Waals surface area contributed by atoms with Crippen molar-refractivity contribution in [1.82, 2.24) is 0 Å². The van der Waals surface area contributed by atoms with Crippen LogP contribution in [-0.4, -0.2) is 18.3 Å². The van der Waals surface area contributed by atoms with E-state index in [0.717, 1.165) is 0 Å². The molecule has 22 heavy (non-hydrogen) atoms. The van der Waals surface area contributed by atoms with Crippen molar-refractivity contribution in [3.8, 4) is 5.75 Å². The number of benzene rings is 2. The Morgan fingerprint density at radius 1 is 1.32 bits per heavy atom. The molecule has 2 aromatic rings. The Balaban J connectivity index is 1.85. The van der Waals surface area contributed by atoms with Crippen molar-refractivity contribution >= 4 is 33.3 Å². The van der Waals surface area contributed by atoms with Gasteiger partial charge >= 0.3 is 0 Å². The van der Waals surface area contributed by atoms with Crippen LogP contribution in [0.1, 0.15) is 15.9 Å². The topological polar surface area (TPSA) is 55.4 Å². The lowest BCUT2D eigenvalue weighted by molar-refractivity contribution is -0.118. The van der Waals surface area contributed by atoms with Gasteiger partial charge in [-0.2, -0.15) is 0 Å². The number of carbonyl (C=O) groups excluding carboxylic acids is 2. The monoisotopic (exact) mass is 363 g/mol. The van der Waals surface area contributed by atoms with Gasteiger partial charge in [0.2, 0.25) is 0 Å². The third-order valence-electron chi connectivity index (χ3n) is 3.32. The molecule has 0 atom stereocenters. The first-order chi connectivity index (χ1) is 10.5. The van der Waals surface area contributed by atoms with Gasteiger partial charge in [0, 0.05) is 12.0 Å². The van der Waals surface area contributed by atoms with E-state index in [1.165, 1.54) is 6.07 Å². The Bertz CT molecular complexity index is 776. The Labute approximate surface area is 134 Å². The minimum atomic E-state index is -0.406. The molecule has 0 unspecified atom stereocenters. The number of nitrogens with one attached hydrogen (secondary N) is 1. The number of amides is 1. The summed E-state index contributed by atoms with van der Waals surface area (Å²) in [5.41, 5.74) is 1.48. The smallest absolute Gasteiger partial charge is 0.262 e. The van der Waals surface area contributed by atoms with Crippen LogP contribution in [0.25, 0.3) is 0 Å². The standard InChI is InChI=1S/C16H11BrFNO3/c17-16-10(2-1-3-11(16)18)7-13(20)9-4-5-14-12(6-9)19-15(21)8-22-14/h1-6H,7-8H2,(H,19,21). The summed E-state index contributed by atoms with van der Waals surface area (Å²) in [6.45, 7) is -0.0312. The molecule has 0 saturated heterocycles. The maximum absolute atomic E-state index is 13.5. The van der Waals surface area contributed by atoms with Crippen LogP contribution in [0.4, 0.5) is 10.1 Å². The molecule has 112 valence electrons. The van der Waals surface area contributed by atoms with Gasteiger partial charge in [-0.3, -0.25) is 9.59 Å². The fourth-order valence-electron chi connectivity index (χ4n) is 2.22. The second-order valence-corrected chi connectivity index (χ2v) is 5.65. The molecule has 2 aromatic carbocycles. The van der Waals surface area contributed by atoms with Crippen LogP contribution in [-0.2, 0) is 11.2 Å². The molecule has 1 heterocycles. The quantitative estimate of drug-likeness (QED) is 0.850. The average Bonchev–Trinajstić information content (AvgIpc) is 2.51. The van der Waals surface area contributed by atoms with Gasteiger partial charge in [-0.15, -0.1) is 0 Å². The number of hydrogen-bond acceptors (Lipinski definition) is 3. The third kappa shape index (κ3) is 2.87. The summed E-state index contributed by atoms with van der Waals surface area (Å²) in [5, 5.41) is 2.65. The van der Waals surface area contributed by atoms with Crippen molar-refractivity contribution in [3.63, 3.8) is 0 Å². The summed E-state index contributed by atoms with van der Waals surface area (Å²) >= 11 is 3.14. The minimum Gasteiger partial charge on any atom is -0.482 e. The van der Waals surface area contributed by atoms with Gasteiger partial charge in [0.1, 0.15) is 11.6 Å². The zero-order chi connectivity index (χ0) is 15.7. The Morgan fingerprint density at radius 2 is 2.14 bits per heavy atom. The van der Waals surface area contributed by atoms with E-state index in [4.69, 9.17) is 4.74 Å². The van der Waals surface area contributed by atoms with Crippen molar-refractivity contribution in [1.29, 1.82) is 0 Å². The molecule has 1 aliphatic heterocycles. The molecule has 1 amide bonds. The van der Waals surface area contributed by atoms with E-state index in [1.54, 1.807) is 30.3 Å². The molecule has 0 aliphatic carbocycles. The van der Waals surface area contributed by atoms with Gasteiger partial charge in [0.05, 0.1) is 10.2 Å². The highest BCUT2D eigenvalue weighted by atomic mass is 79.9. The number of hydrogen-bond donors (Lipinski definition) is 1. The van der Waals surface area contributed by atoms with Crippen molar-refractivity contribution in [2.75, 3.05) is 11.9 Å². The SMILES string of the molecule is O=C1COc2ccc(C(=O)Cc3cccc(F)c3Br)cc2N1. The number of carbonyl (C=O) groups is 2. The molecule has 6 heteroatoms. The van der Waals surface area contributed by atoms with Gasteiger partial charge in [-0.05, 0) is 45.8 Å². The Morgan fingerprint density at radius 3 is 2.95 bits per heavy atom. The first-order valence-electron chi connectivity index (χ1n) is 6.57. The largest absolute Gasteiger partial charge is 0.482 e. The summed E-state index contributed by atoms with van der Waals surface area (Å²) in [4.78, 5) is 23.7. The first-order valence-corrected chi connectivity index (χ1v) is 7.36. The molecule has 0 aromatic heterocycles. The van der Waals surface area contributed by atoms with Crippen LogP contribution in [0.2, 0.25) is 0 Å². The average molecular weight is 364 g/mol. The molecule has 0 radical (unpaired) electrons. The number of anilines is 1. The van der Waals surface area contributed by atoms with E-state index < -0.39 is 5.82 Å². The number of fused-ring (bicyclic) bond motifs is 1. The Hall–Kier alpha value is -2.21. The predicted octanol–water partition coefficient (Wildman–Crippen LogP) is 3.34. The number of rotatable bonds is 3. The number of ether oxygens (including phenoxy) is 1. The lowest BCUT2D eigenvalue weighted by atomic mass is 10.0. The number of Topliss-reactive ketones (excluding diaryl/α,β-unsaturated/α-hetero) is 1. The molecule has 3 rings (SSSR count). The summed E-state index contributed by atoms with van der Waals surface area (Å²) in [6, 6.07) is 9.41. The summed E-state index contributed by atoms with van der Waals surface area (Å²) in [7, 11) is 0. The number of halogens is 2. The van der Waals surface area contributed by atoms with E-state index in [9.17, 15) is 14.0 Å². The summed E-state index contributed by atoms with van der Waals surface area (Å²) < 4.78 is 19.0. The van der Waals surface area contributed by atoms with Gasteiger partial charge < -0.3 is 10.1 Å². The van der Waals surface area contributed by atoms with E-state index in [1.807, 2.05) is 0 Å². The normalized spacial score (nSPS) is 13.1. The van der Waals surface area contributed by atoms with Crippen molar-refractivity contribution in [2.45, 2.75) is 6.42 Å². The van der Waals surface area contributed by atoms with Crippen LogP contribution >= 0.6 is 15.9 Å². The minimum absolute atomic E-state index is 0.0312. The maximum Gasteiger partial charge on any atom is 0.262 e. The van der Waals surface area contributed by atoms with Crippen LogP contribution in [0.3, 0.4) is 0 Å². The zero-order valence-electron chi connectivity index (χ0n) is 11.4. The molecular weight excluding hydrogens is 353 g/mol. The fourth-order valence-corrected chi connectivity index (χ4v) is 2.62. The zero-order valence-corrected chi connectivity index (χ0v) is 12.9. The van der Waals surface area contributed by atoms with Crippen LogP contribution in [0, 0.1) is 5.82 Å². The molecule has 0 saturated carbocycles. The molecule has 4 nitrogen and oxygen atoms in total. The number of ketones is 1. The Kier molecular flexibility index (Phi) is 3.94. The van der Waals surface area contributed by atoms with Crippen molar-refractivity contribution in [2.24, 2.45) is 0 Å². The lowest BCUT2D eigenvalue weighted by Gasteiger charge is -2.18. The molecule has 0 spiro atoms. The fraction of sp³-hybridized carbons (Fsp3) is 0.125. The molecule has 1 aliphatic rings. The third-order valence-corrected chi connectivity index (χ3v) is 4.21. The summed E-state index contributed by atoms with van der Waals surface area (Å²) in [5.74, 6) is -0.307. The molecule has 1 N–H and O–H groups in total. The first kappa shape index (κ1) is 14.7.